The van der Waals surface area contributed by atoms with Gasteiger partial charge in [-0.25, -0.2) is 17.8 Å². The number of carbonyl (C=O) groups is 1. The number of thioether (sulfide) groups is 1. The summed E-state index contributed by atoms with van der Waals surface area (Å²) in [6.07, 6.45) is 2.53. The van der Waals surface area contributed by atoms with Crippen molar-refractivity contribution >= 4 is 38.7 Å². The van der Waals surface area contributed by atoms with Crippen molar-refractivity contribution in [3.05, 3.63) is 59.7 Å². The topological polar surface area (TPSA) is 104 Å². The van der Waals surface area contributed by atoms with Gasteiger partial charge in [-0.3, -0.25) is 4.79 Å². The van der Waals surface area contributed by atoms with Crippen LogP contribution in [0.2, 0.25) is 0 Å². The number of sulfonamides is 1. The van der Waals surface area contributed by atoms with Gasteiger partial charge in [-0.2, -0.15) is 16.1 Å². The van der Waals surface area contributed by atoms with Gasteiger partial charge in [0.25, 0.3) is 5.91 Å². The van der Waals surface area contributed by atoms with Gasteiger partial charge in [0.2, 0.25) is 10.0 Å². The fourth-order valence-corrected chi connectivity index (χ4v) is 5.57. The van der Waals surface area contributed by atoms with Crippen LogP contribution in [0, 0.1) is 5.82 Å². The first-order valence-electron chi connectivity index (χ1n) is 10.5. The Morgan fingerprint density at radius 3 is 2.76 bits per heavy atom. The van der Waals surface area contributed by atoms with E-state index in [4.69, 9.17) is 4.74 Å². The number of ether oxygens (including phenoxy) is 1. The second kappa shape index (κ2) is 10.2. The number of benzene rings is 2. The van der Waals surface area contributed by atoms with Crippen LogP contribution in [-0.4, -0.2) is 66.9 Å². The number of nitrogens with zero attached hydrogens (tertiary/aromatic N) is 2. The number of fused-ring (bicyclic) bond motifs is 1. The van der Waals surface area contributed by atoms with E-state index >= 15 is 0 Å². The van der Waals surface area contributed by atoms with Crippen LogP contribution in [0.3, 0.4) is 0 Å². The highest BCUT2D eigenvalue weighted by Gasteiger charge is 2.28. The summed E-state index contributed by atoms with van der Waals surface area (Å²) in [7, 11) is -3.86. The minimum Gasteiger partial charge on any atom is -0.379 e. The first kappa shape index (κ1) is 23.7. The van der Waals surface area contributed by atoms with E-state index in [0.29, 0.717) is 25.5 Å². The standard InChI is InChI=1S/C22H25FN4O4S2/c1-32-13-8-20(21-24-18-4-2-3-5-19(18)25-21)26-22(28)16-14-15(6-7-17(16)23)33(29,30)27-9-11-31-12-10-27/h2-7,14,20H,8-13H2,1H3,(H,24,25)(H,26,28)/t20-/m0/s1. The van der Waals surface area contributed by atoms with Crippen molar-refractivity contribution in [3.8, 4) is 0 Å². The van der Waals surface area contributed by atoms with Crippen LogP contribution in [0.15, 0.2) is 47.4 Å². The fraction of sp³-hybridized carbons (Fsp3) is 0.364. The predicted molar refractivity (Wildman–Crippen MR) is 125 cm³/mol. The summed E-state index contributed by atoms with van der Waals surface area (Å²) in [5.41, 5.74) is 1.27. The molecule has 1 fully saturated rings. The molecule has 4 rings (SSSR count). The van der Waals surface area contributed by atoms with Crippen molar-refractivity contribution in [2.75, 3.05) is 38.3 Å². The lowest BCUT2D eigenvalue weighted by Gasteiger charge is -2.26. The molecule has 0 unspecified atom stereocenters. The summed E-state index contributed by atoms with van der Waals surface area (Å²) >= 11 is 1.62. The van der Waals surface area contributed by atoms with E-state index in [0.717, 1.165) is 28.9 Å². The van der Waals surface area contributed by atoms with Crippen molar-refractivity contribution in [2.45, 2.75) is 17.4 Å². The number of morpholine rings is 1. The first-order valence-corrected chi connectivity index (χ1v) is 13.4. The molecule has 176 valence electrons. The highest BCUT2D eigenvalue weighted by molar-refractivity contribution is 7.98. The maximum Gasteiger partial charge on any atom is 0.254 e. The monoisotopic (exact) mass is 492 g/mol. The van der Waals surface area contributed by atoms with Gasteiger partial charge in [0.1, 0.15) is 11.6 Å². The average molecular weight is 493 g/mol. The number of aromatic nitrogens is 2. The Hall–Kier alpha value is -2.47. The van der Waals surface area contributed by atoms with Crippen LogP contribution in [0.4, 0.5) is 4.39 Å². The molecule has 8 nitrogen and oxygen atoms in total. The third-order valence-electron chi connectivity index (χ3n) is 5.44. The average Bonchev–Trinajstić information content (AvgIpc) is 3.26. The van der Waals surface area contributed by atoms with E-state index in [2.05, 4.69) is 15.3 Å². The molecular weight excluding hydrogens is 467 g/mol. The highest BCUT2D eigenvalue weighted by Crippen LogP contribution is 2.23. The van der Waals surface area contributed by atoms with Crippen molar-refractivity contribution < 1.29 is 22.3 Å². The lowest BCUT2D eigenvalue weighted by atomic mass is 10.1. The molecular formula is C22H25FN4O4S2. The summed E-state index contributed by atoms with van der Waals surface area (Å²) in [6.45, 7) is 1.01. The molecule has 1 aliphatic heterocycles. The number of hydrogen-bond acceptors (Lipinski definition) is 6. The molecule has 0 radical (unpaired) electrons. The fourth-order valence-electron chi connectivity index (χ4n) is 3.66. The van der Waals surface area contributed by atoms with Crippen molar-refractivity contribution in [1.29, 1.82) is 0 Å². The number of H-pyrrole nitrogens is 1. The molecule has 33 heavy (non-hydrogen) atoms. The summed E-state index contributed by atoms with van der Waals surface area (Å²) in [4.78, 5) is 20.7. The van der Waals surface area contributed by atoms with E-state index in [1.54, 1.807) is 11.8 Å². The lowest BCUT2D eigenvalue weighted by molar-refractivity contribution is 0.0730. The van der Waals surface area contributed by atoms with Gasteiger partial charge in [-0.1, -0.05) is 12.1 Å². The quantitative estimate of drug-likeness (QED) is 0.501. The second-order valence-electron chi connectivity index (χ2n) is 7.60. The number of imidazole rings is 1. The molecule has 1 atom stereocenters. The highest BCUT2D eigenvalue weighted by atomic mass is 32.2. The zero-order valence-electron chi connectivity index (χ0n) is 18.1. The Kier molecular flexibility index (Phi) is 7.32. The summed E-state index contributed by atoms with van der Waals surface area (Å²) in [5.74, 6) is -0.175. The van der Waals surface area contributed by atoms with Gasteiger partial charge in [-0.05, 0) is 48.8 Å². The lowest BCUT2D eigenvalue weighted by Crippen LogP contribution is -2.40. The zero-order valence-corrected chi connectivity index (χ0v) is 19.7. The Morgan fingerprint density at radius 2 is 2.03 bits per heavy atom. The Balaban J connectivity index is 1.60. The van der Waals surface area contributed by atoms with Crippen LogP contribution in [0.1, 0.15) is 28.6 Å². The maximum atomic E-state index is 14.6. The second-order valence-corrected chi connectivity index (χ2v) is 10.5. The van der Waals surface area contributed by atoms with Gasteiger partial charge in [0.15, 0.2) is 0 Å². The summed E-state index contributed by atoms with van der Waals surface area (Å²) in [5, 5.41) is 2.83. The summed E-state index contributed by atoms with van der Waals surface area (Å²) < 4.78 is 47.0. The molecule has 2 N–H and O–H groups in total. The van der Waals surface area contributed by atoms with E-state index in [-0.39, 0.29) is 23.5 Å². The molecule has 0 spiro atoms. The number of amides is 1. The molecule has 0 bridgehead atoms. The van der Waals surface area contributed by atoms with Gasteiger partial charge in [-0.15, -0.1) is 0 Å². The molecule has 1 saturated heterocycles. The molecule has 0 saturated carbocycles. The number of nitrogens with one attached hydrogen (secondary N) is 2. The predicted octanol–water partition coefficient (Wildman–Crippen LogP) is 2.95. The third-order valence-corrected chi connectivity index (χ3v) is 7.98. The SMILES string of the molecule is CSCC[C@H](NC(=O)c1cc(S(=O)(=O)N2CCOCC2)ccc1F)c1nc2ccccc2[nH]1. The van der Waals surface area contributed by atoms with Crippen LogP contribution in [0.25, 0.3) is 11.0 Å². The zero-order chi connectivity index (χ0) is 23.4. The van der Waals surface area contributed by atoms with Gasteiger partial charge >= 0.3 is 0 Å². The number of aromatic amines is 1. The first-order chi connectivity index (χ1) is 15.9. The van der Waals surface area contributed by atoms with E-state index in [1.165, 1.54) is 10.4 Å². The molecule has 1 aromatic heterocycles. The van der Waals surface area contributed by atoms with E-state index in [1.807, 2.05) is 30.5 Å². The molecule has 1 amide bonds. The number of rotatable bonds is 8. The van der Waals surface area contributed by atoms with E-state index < -0.39 is 27.8 Å². The number of carbonyl (C=O) groups excluding carboxylic acids is 1. The van der Waals surface area contributed by atoms with Gasteiger partial charge < -0.3 is 15.0 Å². The van der Waals surface area contributed by atoms with Crippen LogP contribution >= 0.6 is 11.8 Å². The molecule has 1 aliphatic rings. The molecule has 3 aromatic rings. The molecule has 2 aromatic carbocycles. The minimum atomic E-state index is -3.86. The van der Waals surface area contributed by atoms with Crippen LogP contribution in [-0.2, 0) is 14.8 Å². The normalized spacial score (nSPS) is 16.1. The van der Waals surface area contributed by atoms with Crippen LogP contribution < -0.4 is 5.32 Å². The van der Waals surface area contributed by atoms with Crippen LogP contribution in [0.5, 0.6) is 0 Å². The minimum absolute atomic E-state index is 0.125. The number of halogens is 1. The molecule has 11 heteroatoms. The van der Waals surface area contributed by atoms with Gasteiger partial charge in [0.05, 0.1) is 40.7 Å². The Labute approximate surface area is 196 Å². The number of para-hydroxylation sites is 2. The Bertz CT molecular complexity index is 1210. The van der Waals surface area contributed by atoms with Gasteiger partial charge in [0, 0.05) is 13.1 Å². The Morgan fingerprint density at radius 1 is 1.27 bits per heavy atom. The summed E-state index contributed by atoms with van der Waals surface area (Å²) in [6, 6.07) is 10.3. The van der Waals surface area contributed by atoms with Crippen molar-refractivity contribution in [2.24, 2.45) is 0 Å². The smallest absolute Gasteiger partial charge is 0.254 e. The maximum absolute atomic E-state index is 14.6. The van der Waals surface area contributed by atoms with E-state index in [9.17, 15) is 17.6 Å². The molecule has 0 aliphatic carbocycles. The third kappa shape index (κ3) is 5.21. The van der Waals surface area contributed by atoms with Crippen molar-refractivity contribution in [1.82, 2.24) is 19.6 Å². The molecule has 2 heterocycles. The van der Waals surface area contributed by atoms with Crippen molar-refractivity contribution in [3.63, 3.8) is 0 Å². The largest absolute Gasteiger partial charge is 0.379 e. The number of hydrogen-bond donors (Lipinski definition) is 2.